The van der Waals surface area contributed by atoms with Crippen LogP contribution in [0.2, 0.25) is 0 Å². The lowest BCUT2D eigenvalue weighted by atomic mass is 10.0. The number of carbonyl (C=O) groups is 1. The van der Waals surface area contributed by atoms with Gasteiger partial charge in [0.25, 0.3) is 0 Å². The molecule has 1 N–H and O–H groups in total. The maximum Gasteiger partial charge on any atom is 0.217 e. The molecule has 0 aliphatic carbocycles. The highest BCUT2D eigenvalue weighted by atomic mass is 32.7. The quantitative estimate of drug-likeness (QED) is 0.0883. The zero-order chi connectivity index (χ0) is 26.4. The summed E-state index contributed by atoms with van der Waals surface area (Å²) in [6.07, 6.45) is 18.4. The van der Waals surface area contributed by atoms with Gasteiger partial charge < -0.3 is 24.0 Å². The predicted molar refractivity (Wildman–Crippen MR) is 148 cm³/mol. The Hall–Kier alpha value is -0.110. The third-order valence-corrected chi connectivity index (χ3v) is 8.89. The van der Waals surface area contributed by atoms with Gasteiger partial charge in [-0.25, -0.2) is 0 Å². The molecule has 0 radical (unpaired) electrons. The first-order valence-corrected chi connectivity index (χ1v) is 16.9. The Labute approximate surface area is 220 Å². The van der Waals surface area contributed by atoms with Gasteiger partial charge in [0, 0.05) is 19.3 Å². The highest BCUT2D eigenvalue weighted by Gasteiger charge is 2.18. The van der Waals surface area contributed by atoms with Gasteiger partial charge in [0.05, 0.1) is 33.8 Å². The van der Waals surface area contributed by atoms with Crippen LogP contribution in [0.5, 0.6) is 0 Å². The Morgan fingerprint density at radius 2 is 1.37 bits per heavy atom. The summed E-state index contributed by atoms with van der Waals surface area (Å²) in [4.78, 5) is 23.6. The van der Waals surface area contributed by atoms with E-state index >= 15 is 0 Å². The average Bonchev–Trinajstić information content (AvgIpc) is 2.75. The van der Waals surface area contributed by atoms with E-state index in [-0.39, 0.29) is 24.3 Å². The van der Waals surface area contributed by atoms with E-state index in [2.05, 4.69) is 12.2 Å². The molecule has 0 saturated heterocycles. The molecule has 0 aromatic carbocycles. The molecule has 0 aromatic rings. The molecule has 0 saturated carbocycles. The molecule has 0 rings (SSSR count). The van der Waals surface area contributed by atoms with E-state index in [9.17, 15) is 14.3 Å². The van der Waals surface area contributed by atoms with E-state index in [1.165, 1.54) is 84.0 Å². The molecule has 0 aliphatic heterocycles. The van der Waals surface area contributed by atoms with E-state index < -0.39 is 6.80 Å². The van der Waals surface area contributed by atoms with Crippen LogP contribution in [0.25, 0.3) is 0 Å². The fourth-order valence-corrected chi connectivity index (χ4v) is 6.14. The van der Waals surface area contributed by atoms with Crippen LogP contribution in [0.4, 0.5) is 0 Å². The Morgan fingerprint density at radius 1 is 0.886 bits per heavy atom. The van der Waals surface area contributed by atoms with Gasteiger partial charge in [-0.3, -0.25) is 9.36 Å². The third kappa shape index (κ3) is 26.8. The van der Waals surface area contributed by atoms with E-state index in [0.29, 0.717) is 24.2 Å². The SMILES string of the molecule is CCCCCCCCCCCCCCCCOC[C@H](CSP(=O)([O-])OCC[N+](C)(C)C)NC(C)=O. The summed E-state index contributed by atoms with van der Waals surface area (Å²) in [5, 5.41) is 2.78. The van der Waals surface area contributed by atoms with E-state index in [4.69, 9.17) is 9.26 Å². The smallest absolute Gasteiger partial charge is 0.217 e. The molecule has 7 nitrogen and oxygen atoms in total. The maximum absolute atomic E-state index is 12.1. The number of carbonyl (C=O) groups excluding carboxylic acids is 1. The highest BCUT2D eigenvalue weighted by molar-refractivity contribution is 8.54. The lowest BCUT2D eigenvalue weighted by Gasteiger charge is -2.28. The molecule has 1 amide bonds. The summed E-state index contributed by atoms with van der Waals surface area (Å²) < 4.78 is 23.6. The third-order valence-electron chi connectivity index (χ3n) is 5.81. The molecule has 0 spiro atoms. The number of quaternary nitrogens is 1. The summed E-state index contributed by atoms with van der Waals surface area (Å²) in [5.74, 6) is 0.0195. The minimum Gasteiger partial charge on any atom is -0.770 e. The van der Waals surface area contributed by atoms with Gasteiger partial charge in [-0.2, -0.15) is 0 Å². The Bertz CT molecular complexity index is 560. The van der Waals surface area contributed by atoms with Crippen LogP contribution in [0.3, 0.4) is 0 Å². The van der Waals surface area contributed by atoms with Gasteiger partial charge in [0.1, 0.15) is 13.2 Å². The number of hydrogen-bond acceptors (Lipinski definition) is 6. The number of hydrogen-bond donors (Lipinski definition) is 1. The molecule has 1 unspecified atom stereocenters. The van der Waals surface area contributed by atoms with Gasteiger partial charge in [-0.05, 0) is 6.42 Å². The largest absolute Gasteiger partial charge is 0.770 e. The zero-order valence-electron chi connectivity index (χ0n) is 23.4. The van der Waals surface area contributed by atoms with Crippen molar-refractivity contribution in [2.24, 2.45) is 0 Å². The minimum atomic E-state index is -4.00. The Kier molecular flexibility index (Phi) is 21.9. The summed E-state index contributed by atoms with van der Waals surface area (Å²) in [6.45, 7) is 1.39. The summed E-state index contributed by atoms with van der Waals surface area (Å²) in [6, 6.07) is -0.353. The zero-order valence-corrected chi connectivity index (χ0v) is 25.1. The second-order valence-electron chi connectivity index (χ2n) is 10.7. The van der Waals surface area contributed by atoms with Gasteiger partial charge in [0.2, 0.25) is 5.91 Å². The van der Waals surface area contributed by atoms with Crippen molar-refractivity contribution in [3.63, 3.8) is 0 Å². The molecule has 0 aromatic heterocycles. The van der Waals surface area contributed by atoms with Crippen LogP contribution in [-0.2, 0) is 18.6 Å². The monoisotopic (exact) mass is 538 g/mol. The molecular weight excluding hydrogens is 483 g/mol. The number of unbranched alkanes of at least 4 members (excludes halogenated alkanes) is 13. The molecular formula is C26H55N2O5PS. The molecule has 9 heteroatoms. The van der Waals surface area contributed by atoms with E-state index in [0.717, 1.165) is 24.2 Å². The lowest BCUT2D eigenvalue weighted by molar-refractivity contribution is -0.870. The van der Waals surface area contributed by atoms with Crippen LogP contribution in [0, 0.1) is 0 Å². The van der Waals surface area contributed by atoms with Crippen LogP contribution in [0.15, 0.2) is 0 Å². The minimum absolute atomic E-state index is 0.151. The predicted octanol–water partition coefficient (Wildman–Crippen LogP) is 5.91. The first-order valence-electron chi connectivity index (χ1n) is 13.8. The summed E-state index contributed by atoms with van der Waals surface area (Å²) >= 11 is 0.744. The van der Waals surface area contributed by atoms with Gasteiger partial charge in [-0.1, -0.05) is 102 Å². The number of nitrogens with zero attached hydrogens (tertiary/aromatic N) is 1. The first-order chi connectivity index (χ1) is 16.6. The Morgan fingerprint density at radius 3 is 1.83 bits per heavy atom. The normalized spacial score (nSPS) is 14.6. The fourth-order valence-electron chi connectivity index (χ4n) is 3.69. The first kappa shape index (κ1) is 34.9. The average molecular weight is 539 g/mol. The molecule has 210 valence electrons. The van der Waals surface area contributed by atoms with Gasteiger partial charge in [0.15, 0.2) is 6.80 Å². The number of nitrogens with one attached hydrogen (secondary N) is 1. The molecule has 0 heterocycles. The van der Waals surface area contributed by atoms with E-state index in [1.807, 2.05) is 21.1 Å². The molecule has 0 bridgehead atoms. The van der Waals surface area contributed by atoms with Crippen molar-refractivity contribution >= 4 is 24.1 Å². The second kappa shape index (κ2) is 21.9. The van der Waals surface area contributed by atoms with Crippen molar-refractivity contribution in [2.45, 2.75) is 110 Å². The summed E-state index contributed by atoms with van der Waals surface area (Å²) in [5.41, 5.74) is 0. The molecule has 35 heavy (non-hydrogen) atoms. The van der Waals surface area contributed by atoms with Crippen LogP contribution in [-0.4, -0.2) is 69.7 Å². The lowest BCUT2D eigenvalue weighted by Crippen LogP contribution is -2.39. The van der Waals surface area contributed by atoms with Gasteiger partial charge >= 0.3 is 0 Å². The van der Waals surface area contributed by atoms with Crippen molar-refractivity contribution in [2.75, 3.05) is 53.3 Å². The maximum atomic E-state index is 12.1. The summed E-state index contributed by atoms with van der Waals surface area (Å²) in [7, 11) is 5.94. The Balaban J connectivity index is 3.77. The second-order valence-corrected chi connectivity index (χ2v) is 14.5. The van der Waals surface area contributed by atoms with Crippen molar-refractivity contribution in [3.05, 3.63) is 0 Å². The number of ether oxygens (including phenoxy) is 1. The number of likely N-dealkylation sites (N-methyl/N-ethyl adjacent to an activating group) is 1. The molecule has 2 atom stereocenters. The van der Waals surface area contributed by atoms with Crippen molar-refractivity contribution in [1.29, 1.82) is 0 Å². The van der Waals surface area contributed by atoms with Crippen molar-refractivity contribution < 1.29 is 28.0 Å². The van der Waals surface area contributed by atoms with Crippen LogP contribution >= 0.6 is 18.2 Å². The molecule has 0 fully saturated rings. The van der Waals surface area contributed by atoms with Crippen molar-refractivity contribution in [1.82, 2.24) is 5.32 Å². The molecule has 0 aliphatic rings. The number of amides is 1. The van der Waals surface area contributed by atoms with Crippen LogP contribution < -0.4 is 10.2 Å². The number of rotatable bonds is 25. The van der Waals surface area contributed by atoms with Crippen molar-refractivity contribution in [3.8, 4) is 0 Å². The highest BCUT2D eigenvalue weighted by Crippen LogP contribution is 2.51. The van der Waals surface area contributed by atoms with E-state index in [1.54, 1.807) is 0 Å². The standard InChI is InChI=1S/C26H55N2O5PS/c1-6-7-8-9-10-11-12-13-14-15-16-17-18-19-21-32-23-26(27-25(2)29)24-35-34(30,31)33-22-20-28(3,4)5/h26H,6-24H2,1-5H3,(H-,27,29,30,31)/t26-/m1/s1. The fraction of sp³-hybridized carbons (Fsp3) is 0.962. The van der Waals surface area contributed by atoms with Gasteiger partial charge in [-0.15, -0.1) is 0 Å². The topological polar surface area (TPSA) is 87.7 Å². The van der Waals surface area contributed by atoms with Crippen LogP contribution in [0.1, 0.15) is 104 Å².